The van der Waals surface area contributed by atoms with E-state index < -0.39 is 23.2 Å². The summed E-state index contributed by atoms with van der Waals surface area (Å²) in [5, 5.41) is 2.62. The molecule has 2 aliphatic heterocycles. The SMILES string of the molecule is CCOc1cc(-c2c3n(c4c(=O)oc5cc(OC(C)C)c(OC)cc5c24)CCc2cc(OC)c(OC)cc2-3)ccc1OC.COc1cc2c(cc1OC)-c1c(-c3ccc(OC)c(OC(C)=O)c3)c3c4cc(OC)c(OC(C)=O)cc4oc(=O)c3n1CC2. The molecule has 450 valence electrons. The van der Waals surface area contributed by atoms with E-state index in [1.807, 2.05) is 79.9 Å². The minimum Gasteiger partial charge on any atom is -0.493 e. The molecular formula is C67H64N2O18. The smallest absolute Gasteiger partial charge is 0.361 e. The molecule has 87 heavy (non-hydrogen) atoms. The Hall–Kier alpha value is -10.2. The number of benzene rings is 6. The first-order valence-electron chi connectivity index (χ1n) is 28.0. The van der Waals surface area contributed by atoms with Crippen molar-refractivity contribution < 1.29 is 75.3 Å². The van der Waals surface area contributed by atoms with Gasteiger partial charge in [0.2, 0.25) is 0 Å². The van der Waals surface area contributed by atoms with Crippen molar-refractivity contribution in [2.75, 3.05) is 63.5 Å². The number of hydrogen-bond acceptors (Lipinski definition) is 18. The zero-order chi connectivity index (χ0) is 61.7. The van der Waals surface area contributed by atoms with Crippen molar-refractivity contribution in [1.29, 1.82) is 0 Å². The molecule has 20 heteroatoms. The van der Waals surface area contributed by atoms with Crippen LogP contribution in [0.15, 0.2) is 103 Å². The van der Waals surface area contributed by atoms with E-state index in [-0.39, 0.29) is 28.9 Å². The Morgan fingerprint density at radius 3 is 1.26 bits per heavy atom. The van der Waals surface area contributed by atoms with Gasteiger partial charge in [-0.05, 0) is 117 Å². The van der Waals surface area contributed by atoms with Crippen LogP contribution in [0.3, 0.4) is 0 Å². The molecule has 0 atom stereocenters. The Balaban J connectivity index is 0.000000180. The Morgan fingerprint density at radius 1 is 0.471 bits per heavy atom. The molecule has 0 fully saturated rings. The average Bonchev–Trinajstić information content (AvgIpc) is 1.58. The monoisotopic (exact) mass is 1180 g/mol. The summed E-state index contributed by atoms with van der Waals surface area (Å²) in [6.45, 7) is 9.89. The number of nitrogens with zero attached hydrogens (tertiary/aromatic N) is 2. The molecule has 20 nitrogen and oxygen atoms in total. The van der Waals surface area contributed by atoms with Gasteiger partial charge in [0, 0.05) is 82.9 Å². The van der Waals surface area contributed by atoms with Gasteiger partial charge in [0.1, 0.15) is 22.2 Å². The molecule has 4 aromatic heterocycles. The molecule has 12 rings (SSSR count). The minimum absolute atomic E-state index is 0.0982. The van der Waals surface area contributed by atoms with E-state index in [1.165, 1.54) is 34.1 Å². The second kappa shape index (κ2) is 23.7. The molecule has 0 spiro atoms. The minimum atomic E-state index is -0.573. The number of esters is 2. The number of aromatic nitrogens is 2. The van der Waals surface area contributed by atoms with Gasteiger partial charge >= 0.3 is 23.2 Å². The van der Waals surface area contributed by atoms with Gasteiger partial charge in [0.05, 0.1) is 81.0 Å². The van der Waals surface area contributed by atoms with Crippen molar-refractivity contribution in [3.8, 4) is 114 Å². The van der Waals surface area contributed by atoms with E-state index in [1.54, 1.807) is 66.9 Å². The van der Waals surface area contributed by atoms with Crippen molar-refractivity contribution in [3.63, 3.8) is 0 Å². The molecule has 2 aliphatic rings. The summed E-state index contributed by atoms with van der Waals surface area (Å²) in [4.78, 5) is 51.5. The molecule has 0 bridgehead atoms. The highest BCUT2D eigenvalue weighted by molar-refractivity contribution is 6.18. The lowest BCUT2D eigenvalue weighted by atomic mass is 9.91. The lowest BCUT2D eigenvalue weighted by Crippen LogP contribution is -2.15. The second-order valence-corrected chi connectivity index (χ2v) is 20.7. The maximum absolute atomic E-state index is 13.9. The Morgan fingerprint density at radius 2 is 0.851 bits per heavy atom. The fourth-order valence-electron chi connectivity index (χ4n) is 11.9. The topological polar surface area (TPSA) is 215 Å². The Kier molecular flexibility index (Phi) is 15.9. The number of hydrogen-bond donors (Lipinski definition) is 0. The summed E-state index contributed by atoms with van der Waals surface area (Å²) >= 11 is 0. The fourth-order valence-corrected chi connectivity index (χ4v) is 11.9. The summed E-state index contributed by atoms with van der Waals surface area (Å²) in [5.74, 6) is 4.56. The lowest BCUT2D eigenvalue weighted by molar-refractivity contribution is -0.132. The molecule has 0 unspecified atom stereocenters. The predicted octanol–water partition coefficient (Wildman–Crippen LogP) is 12.4. The number of carbonyl (C=O) groups is 2. The van der Waals surface area contributed by atoms with Gasteiger partial charge in [0.25, 0.3) is 0 Å². The van der Waals surface area contributed by atoms with Crippen LogP contribution < -0.4 is 68.1 Å². The quantitative estimate of drug-likeness (QED) is 0.0499. The molecule has 0 amide bonds. The second-order valence-electron chi connectivity index (χ2n) is 20.7. The molecule has 0 aliphatic carbocycles. The van der Waals surface area contributed by atoms with Crippen LogP contribution in [0.4, 0.5) is 0 Å². The third-order valence-electron chi connectivity index (χ3n) is 15.4. The highest BCUT2D eigenvalue weighted by Crippen LogP contribution is 2.53. The van der Waals surface area contributed by atoms with Crippen molar-refractivity contribution in [1.82, 2.24) is 9.13 Å². The molecule has 6 aromatic carbocycles. The summed E-state index contributed by atoms with van der Waals surface area (Å²) in [6, 6.07) is 25.7. The first kappa shape index (κ1) is 58.5. The molecule has 6 heterocycles. The number of methoxy groups -OCH3 is 8. The third kappa shape index (κ3) is 10.2. The number of ether oxygens (including phenoxy) is 12. The zero-order valence-electron chi connectivity index (χ0n) is 50.4. The van der Waals surface area contributed by atoms with Crippen molar-refractivity contribution in [2.24, 2.45) is 0 Å². The molecule has 0 saturated heterocycles. The van der Waals surface area contributed by atoms with Gasteiger partial charge in [0.15, 0.2) is 69.0 Å². The maximum Gasteiger partial charge on any atom is 0.361 e. The fraction of sp³-hybridized carbons (Fsp3) is 0.284. The Labute approximate surface area is 499 Å². The van der Waals surface area contributed by atoms with E-state index >= 15 is 0 Å². The highest BCUT2D eigenvalue weighted by atomic mass is 16.6. The highest BCUT2D eigenvalue weighted by Gasteiger charge is 2.34. The average molecular weight is 1190 g/mol. The van der Waals surface area contributed by atoms with Crippen molar-refractivity contribution >= 4 is 55.7 Å². The first-order chi connectivity index (χ1) is 42.0. The number of carbonyl (C=O) groups excluding carboxylic acids is 2. The largest absolute Gasteiger partial charge is 0.493 e. The molecular weight excluding hydrogens is 1120 g/mol. The summed E-state index contributed by atoms with van der Waals surface area (Å²) < 4.78 is 83.6. The van der Waals surface area contributed by atoms with Crippen molar-refractivity contribution in [2.45, 2.75) is 66.7 Å². The summed E-state index contributed by atoms with van der Waals surface area (Å²) in [6.07, 6.45) is 1.21. The van der Waals surface area contributed by atoms with Crippen LogP contribution >= 0.6 is 0 Å². The standard InChI is InChI=1S/C34H35NO8.C33H29NO10/c1-8-41-28-14-20(9-10-23(28)37-4)30-31-22-16-27(40-7)29(42-18(2)3)17-24(22)43-34(36)33(31)35-12-11-19-13-25(38-5)26(39-6)15-21(19)32(30)35;1-16(35)42-27-12-19(7-8-22(27)38-3)29-30-21-14-26(41-6)28(43-17(2)36)15-23(21)44-33(37)32(30)34-10-9-18-11-24(39-4)25(40-5)13-20(18)31(29)34/h9-10,13-18H,8,11-12H2,1-7H3;7-8,11-15H,9-10H2,1-6H3. The maximum atomic E-state index is 13.9. The van der Waals surface area contributed by atoms with Crippen molar-refractivity contribution in [3.05, 3.63) is 117 Å². The first-order valence-corrected chi connectivity index (χ1v) is 28.0. The van der Waals surface area contributed by atoms with Crippen LogP contribution in [0.5, 0.6) is 69.0 Å². The molecule has 0 N–H and O–H groups in total. The summed E-state index contributed by atoms with van der Waals surface area (Å²) in [5.41, 5.74) is 8.97. The van der Waals surface area contributed by atoms with Gasteiger partial charge in [-0.1, -0.05) is 12.1 Å². The normalized spacial score (nSPS) is 12.1. The zero-order valence-corrected chi connectivity index (χ0v) is 50.4. The van der Waals surface area contributed by atoms with E-state index in [0.29, 0.717) is 123 Å². The molecule has 0 radical (unpaired) electrons. The van der Waals surface area contributed by atoms with Crippen LogP contribution in [0.2, 0.25) is 0 Å². The van der Waals surface area contributed by atoms with Crippen LogP contribution in [0.25, 0.3) is 88.5 Å². The molecule has 10 aromatic rings. The van der Waals surface area contributed by atoms with Gasteiger partial charge in [-0.15, -0.1) is 0 Å². The van der Waals surface area contributed by atoms with Crippen LogP contribution in [-0.4, -0.2) is 90.7 Å². The van der Waals surface area contributed by atoms with E-state index in [2.05, 4.69) is 4.57 Å². The number of fused-ring (bicyclic) bond motifs is 14. The Bertz CT molecular complexity index is 4540. The van der Waals surface area contributed by atoms with Crippen LogP contribution in [0, 0.1) is 0 Å². The van der Waals surface area contributed by atoms with Gasteiger partial charge in [-0.2, -0.15) is 0 Å². The van der Waals surface area contributed by atoms with E-state index in [4.69, 9.17) is 65.7 Å². The van der Waals surface area contributed by atoms with Gasteiger partial charge < -0.3 is 74.8 Å². The lowest BCUT2D eigenvalue weighted by Gasteiger charge is -2.23. The van der Waals surface area contributed by atoms with E-state index in [9.17, 15) is 19.2 Å². The number of rotatable bonds is 16. The van der Waals surface area contributed by atoms with Gasteiger partial charge in [-0.25, -0.2) is 9.59 Å². The van der Waals surface area contributed by atoms with Crippen LogP contribution in [-0.2, 0) is 35.5 Å². The predicted molar refractivity (Wildman–Crippen MR) is 327 cm³/mol. The molecule has 0 saturated carbocycles. The van der Waals surface area contributed by atoms with Crippen LogP contribution in [0.1, 0.15) is 45.7 Å². The van der Waals surface area contributed by atoms with Gasteiger partial charge in [-0.3, -0.25) is 9.59 Å². The number of aryl methyl sites for hydroxylation is 4. The summed E-state index contributed by atoms with van der Waals surface area (Å²) in [7, 11) is 12.6. The third-order valence-corrected chi connectivity index (χ3v) is 15.4. The van der Waals surface area contributed by atoms with E-state index in [0.717, 1.165) is 55.5 Å².